The lowest BCUT2D eigenvalue weighted by Gasteiger charge is -2.20. The van der Waals surface area contributed by atoms with Gasteiger partial charge in [0.25, 0.3) is 0 Å². The van der Waals surface area contributed by atoms with Gasteiger partial charge in [0, 0.05) is 6.20 Å². The molecule has 100 valence electrons. The number of thiazole rings is 1. The molecule has 2 aromatic rings. The summed E-state index contributed by atoms with van der Waals surface area (Å²) in [5.74, 6) is -1.28. The Morgan fingerprint density at radius 1 is 1.47 bits per heavy atom. The maximum Gasteiger partial charge on any atom is 0.357 e. The lowest BCUT2D eigenvalue weighted by Crippen LogP contribution is -2.25. The van der Waals surface area contributed by atoms with E-state index in [2.05, 4.69) is 9.97 Å². The number of carbonyl (C=O) groups is 1. The van der Waals surface area contributed by atoms with E-state index in [1.807, 2.05) is 0 Å². The summed E-state index contributed by atoms with van der Waals surface area (Å²) in [5.41, 5.74) is 1.24. The molecular weight excluding hydrogens is 290 g/mol. The molecule has 2 heterocycles. The molecule has 2 rings (SSSR count). The van der Waals surface area contributed by atoms with Gasteiger partial charge in [-0.1, -0.05) is 0 Å². The van der Waals surface area contributed by atoms with E-state index in [-0.39, 0.29) is 16.4 Å². The smallest absolute Gasteiger partial charge is 0.357 e. The number of sulfonamides is 1. The van der Waals surface area contributed by atoms with E-state index in [1.54, 1.807) is 6.07 Å². The Hall–Kier alpha value is -2.00. The molecule has 0 saturated heterocycles. The quantitative estimate of drug-likeness (QED) is 0.914. The van der Waals surface area contributed by atoms with Gasteiger partial charge >= 0.3 is 5.97 Å². The molecule has 0 aliphatic carbocycles. The van der Waals surface area contributed by atoms with Crippen LogP contribution in [0.15, 0.2) is 30.0 Å². The first-order chi connectivity index (χ1) is 8.91. The lowest BCUT2D eigenvalue weighted by molar-refractivity contribution is 0.0692. The Kier molecular flexibility index (Phi) is 3.49. The van der Waals surface area contributed by atoms with Crippen LogP contribution < -0.4 is 4.31 Å². The second-order valence-corrected chi connectivity index (χ2v) is 6.21. The third-order valence-electron chi connectivity index (χ3n) is 2.15. The molecule has 9 heteroatoms. The molecule has 0 bridgehead atoms. The van der Waals surface area contributed by atoms with Crippen molar-refractivity contribution >= 4 is 38.0 Å². The maximum absolute atomic E-state index is 11.9. The molecule has 7 nitrogen and oxygen atoms in total. The first-order valence-corrected chi connectivity index (χ1v) is 7.71. The second-order valence-electron chi connectivity index (χ2n) is 3.55. The molecule has 0 aliphatic rings. The minimum absolute atomic E-state index is 0.0306. The number of aromatic nitrogens is 2. The molecule has 0 atom stereocenters. The predicted molar refractivity (Wildman–Crippen MR) is 70.3 cm³/mol. The van der Waals surface area contributed by atoms with Crippen molar-refractivity contribution in [1.82, 2.24) is 9.97 Å². The number of rotatable bonds is 4. The second kappa shape index (κ2) is 4.94. The average molecular weight is 299 g/mol. The summed E-state index contributed by atoms with van der Waals surface area (Å²) >= 11 is 0.935. The van der Waals surface area contributed by atoms with Gasteiger partial charge in [-0.05, 0) is 12.1 Å². The van der Waals surface area contributed by atoms with Crippen LogP contribution in [-0.4, -0.2) is 35.7 Å². The number of aromatic carboxylic acids is 1. The number of hydrogen-bond donors (Lipinski definition) is 1. The molecular formula is C10H9N3O4S2. The number of carboxylic acid groups (broad SMARTS) is 1. The van der Waals surface area contributed by atoms with Crippen molar-refractivity contribution in [2.45, 2.75) is 0 Å². The van der Waals surface area contributed by atoms with Crippen LogP contribution in [0.2, 0.25) is 0 Å². The Morgan fingerprint density at radius 2 is 2.21 bits per heavy atom. The number of nitrogens with zero attached hydrogens (tertiary/aromatic N) is 3. The zero-order valence-corrected chi connectivity index (χ0v) is 11.3. The molecule has 0 aromatic carbocycles. The normalized spacial score (nSPS) is 11.2. The van der Waals surface area contributed by atoms with Gasteiger partial charge < -0.3 is 5.11 Å². The largest absolute Gasteiger partial charge is 0.476 e. The van der Waals surface area contributed by atoms with Crippen molar-refractivity contribution < 1.29 is 18.3 Å². The minimum Gasteiger partial charge on any atom is -0.476 e. The van der Waals surface area contributed by atoms with E-state index in [0.717, 1.165) is 21.9 Å². The molecule has 0 radical (unpaired) electrons. The van der Waals surface area contributed by atoms with E-state index < -0.39 is 16.0 Å². The Morgan fingerprint density at radius 3 is 2.74 bits per heavy atom. The van der Waals surface area contributed by atoms with E-state index in [1.165, 1.54) is 24.0 Å². The van der Waals surface area contributed by atoms with Gasteiger partial charge in [0.2, 0.25) is 10.0 Å². The number of carboxylic acids is 1. The standard InChI is InChI=1S/C10H9N3O4S2/c1-19(16,17)13(7-3-2-4-11-5-7)9-8(10(14)15)12-6-18-9/h2-6H,1H3,(H,14,15). The van der Waals surface area contributed by atoms with Gasteiger partial charge in [-0.2, -0.15) is 0 Å². The molecule has 0 spiro atoms. The van der Waals surface area contributed by atoms with Gasteiger partial charge in [-0.15, -0.1) is 11.3 Å². The van der Waals surface area contributed by atoms with Crippen molar-refractivity contribution in [3.63, 3.8) is 0 Å². The summed E-state index contributed by atoms with van der Waals surface area (Å²) in [4.78, 5) is 18.6. The van der Waals surface area contributed by atoms with Gasteiger partial charge in [0.1, 0.15) is 5.00 Å². The van der Waals surface area contributed by atoms with Crippen molar-refractivity contribution in [3.8, 4) is 0 Å². The monoisotopic (exact) mass is 299 g/mol. The predicted octanol–water partition coefficient (Wildman–Crippen LogP) is 1.33. The molecule has 0 unspecified atom stereocenters. The summed E-state index contributed by atoms with van der Waals surface area (Å²) in [6.07, 6.45) is 3.83. The summed E-state index contributed by atoms with van der Waals surface area (Å²) in [6, 6.07) is 3.09. The Balaban J connectivity index is 2.64. The van der Waals surface area contributed by atoms with Crippen LogP contribution in [0, 0.1) is 0 Å². The lowest BCUT2D eigenvalue weighted by atomic mass is 10.4. The van der Waals surface area contributed by atoms with Gasteiger partial charge in [-0.25, -0.2) is 22.5 Å². The zero-order chi connectivity index (χ0) is 14.0. The first kappa shape index (κ1) is 13.4. The van der Waals surface area contributed by atoms with E-state index in [0.29, 0.717) is 0 Å². The summed E-state index contributed by atoms with van der Waals surface area (Å²) in [5, 5.41) is 9.05. The van der Waals surface area contributed by atoms with Crippen LogP contribution in [0.3, 0.4) is 0 Å². The van der Waals surface area contributed by atoms with E-state index in [9.17, 15) is 13.2 Å². The number of pyridine rings is 1. The number of hydrogen-bond acceptors (Lipinski definition) is 6. The average Bonchev–Trinajstić information content (AvgIpc) is 2.77. The number of anilines is 2. The van der Waals surface area contributed by atoms with Crippen molar-refractivity contribution in [2.75, 3.05) is 10.6 Å². The molecule has 0 amide bonds. The van der Waals surface area contributed by atoms with Gasteiger partial charge in [0.15, 0.2) is 5.69 Å². The van der Waals surface area contributed by atoms with Gasteiger partial charge in [-0.3, -0.25) is 4.98 Å². The fourth-order valence-corrected chi connectivity index (χ4v) is 3.59. The van der Waals surface area contributed by atoms with Crippen molar-refractivity contribution in [1.29, 1.82) is 0 Å². The molecule has 0 aliphatic heterocycles. The van der Waals surface area contributed by atoms with Crippen molar-refractivity contribution in [3.05, 3.63) is 35.7 Å². The van der Waals surface area contributed by atoms with E-state index >= 15 is 0 Å². The van der Waals surface area contributed by atoms with Crippen LogP contribution >= 0.6 is 11.3 Å². The Bertz CT molecular complexity index is 697. The third kappa shape index (κ3) is 2.71. The molecule has 0 saturated carbocycles. The fourth-order valence-electron chi connectivity index (χ4n) is 1.46. The van der Waals surface area contributed by atoms with Crippen LogP contribution in [0.5, 0.6) is 0 Å². The van der Waals surface area contributed by atoms with Crippen LogP contribution in [0.4, 0.5) is 10.7 Å². The Labute approximate surface area is 113 Å². The highest BCUT2D eigenvalue weighted by atomic mass is 32.2. The first-order valence-electron chi connectivity index (χ1n) is 4.98. The summed E-state index contributed by atoms with van der Waals surface area (Å²) < 4.78 is 24.7. The SMILES string of the molecule is CS(=O)(=O)N(c1cccnc1)c1scnc1C(=O)O. The molecule has 2 aromatic heterocycles. The molecule has 0 fully saturated rings. The van der Waals surface area contributed by atoms with Crippen LogP contribution in [0.25, 0.3) is 0 Å². The highest BCUT2D eigenvalue weighted by Gasteiger charge is 2.27. The summed E-state index contributed by atoms with van der Waals surface area (Å²) in [6.45, 7) is 0. The summed E-state index contributed by atoms with van der Waals surface area (Å²) in [7, 11) is -3.70. The van der Waals surface area contributed by atoms with E-state index in [4.69, 9.17) is 5.11 Å². The minimum atomic E-state index is -3.70. The van der Waals surface area contributed by atoms with Crippen LogP contribution in [-0.2, 0) is 10.0 Å². The highest BCUT2D eigenvalue weighted by Crippen LogP contribution is 2.33. The molecule has 19 heavy (non-hydrogen) atoms. The topological polar surface area (TPSA) is 100 Å². The third-order valence-corrected chi connectivity index (χ3v) is 4.13. The van der Waals surface area contributed by atoms with Crippen molar-refractivity contribution in [2.24, 2.45) is 0 Å². The molecule has 1 N–H and O–H groups in total. The van der Waals surface area contributed by atoms with Crippen LogP contribution in [0.1, 0.15) is 10.5 Å². The highest BCUT2D eigenvalue weighted by molar-refractivity contribution is 7.92. The zero-order valence-electron chi connectivity index (χ0n) is 9.72. The maximum atomic E-state index is 11.9. The fraction of sp³-hybridized carbons (Fsp3) is 0.100. The van der Waals surface area contributed by atoms with Gasteiger partial charge in [0.05, 0.1) is 23.7 Å².